The van der Waals surface area contributed by atoms with E-state index in [2.05, 4.69) is 30.9 Å². The third-order valence-electron chi connectivity index (χ3n) is 4.45. The van der Waals surface area contributed by atoms with E-state index < -0.39 is 10.0 Å². The first-order valence-corrected chi connectivity index (χ1v) is 11.4. The third kappa shape index (κ3) is 4.01. The Balaban J connectivity index is 1.97. The highest BCUT2D eigenvalue weighted by atomic mass is 79.9. The molecular weight excluding hydrogens is 508 g/mol. The molecule has 0 aliphatic rings. The van der Waals surface area contributed by atoms with Gasteiger partial charge in [-0.15, -0.1) is 0 Å². The molecule has 31 heavy (non-hydrogen) atoms. The number of hydrogen-bond donors (Lipinski definition) is 1. The maximum Gasteiger partial charge on any atom is 0.270 e. The van der Waals surface area contributed by atoms with Gasteiger partial charge in [-0.05, 0) is 57.7 Å². The van der Waals surface area contributed by atoms with Gasteiger partial charge in [-0.25, -0.2) is 22.7 Å². The smallest absolute Gasteiger partial charge is 0.270 e. The molecule has 2 heterocycles. The molecular formula is C20H14BrClN4O4S. The number of nitrogens with zero attached hydrogens (tertiary/aromatic N) is 3. The standard InChI is InChI=1S/C20H14BrClN4O4S/c1-30-18-9-14(21)15(22)10-17(18)26(19-6-7-23-11-24-19)31(28,29)13-3-4-16-12(8-13)2-5-20(27)25-16/h2-11H,1H3,(H,25,27). The van der Waals surface area contributed by atoms with Crippen LogP contribution >= 0.6 is 27.5 Å². The fraction of sp³-hybridized carbons (Fsp3) is 0.0500. The topological polar surface area (TPSA) is 105 Å². The van der Waals surface area contributed by atoms with Crippen molar-refractivity contribution in [2.75, 3.05) is 11.4 Å². The van der Waals surface area contributed by atoms with Crippen LogP contribution in [0.25, 0.3) is 10.9 Å². The monoisotopic (exact) mass is 520 g/mol. The molecule has 2 aromatic heterocycles. The summed E-state index contributed by atoms with van der Waals surface area (Å²) in [6.45, 7) is 0. The lowest BCUT2D eigenvalue weighted by Crippen LogP contribution is -2.27. The maximum atomic E-state index is 13.8. The Morgan fingerprint density at radius 2 is 1.94 bits per heavy atom. The van der Waals surface area contributed by atoms with Crippen LogP contribution in [0.2, 0.25) is 5.02 Å². The number of rotatable bonds is 5. The van der Waals surface area contributed by atoms with E-state index >= 15 is 0 Å². The Morgan fingerprint density at radius 1 is 1.13 bits per heavy atom. The van der Waals surface area contributed by atoms with Crippen LogP contribution in [0.1, 0.15) is 0 Å². The van der Waals surface area contributed by atoms with Crippen molar-refractivity contribution in [1.29, 1.82) is 0 Å². The molecule has 0 saturated heterocycles. The number of aromatic nitrogens is 3. The van der Waals surface area contributed by atoms with Gasteiger partial charge < -0.3 is 9.72 Å². The highest BCUT2D eigenvalue weighted by Gasteiger charge is 2.31. The van der Waals surface area contributed by atoms with Crippen molar-refractivity contribution >= 4 is 60.0 Å². The molecule has 0 spiro atoms. The zero-order chi connectivity index (χ0) is 22.2. The van der Waals surface area contributed by atoms with Crippen LogP contribution in [0, 0.1) is 0 Å². The normalized spacial score (nSPS) is 11.5. The maximum absolute atomic E-state index is 13.8. The van der Waals surface area contributed by atoms with Crippen LogP contribution in [0.15, 0.2) is 75.2 Å². The predicted molar refractivity (Wildman–Crippen MR) is 122 cm³/mol. The van der Waals surface area contributed by atoms with Crippen LogP contribution in [-0.2, 0) is 10.0 Å². The van der Waals surface area contributed by atoms with E-state index in [4.69, 9.17) is 16.3 Å². The Hall–Kier alpha value is -2.95. The highest BCUT2D eigenvalue weighted by molar-refractivity contribution is 9.10. The number of pyridine rings is 1. The second kappa shape index (κ2) is 8.29. The van der Waals surface area contributed by atoms with E-state index in [0.29, 0.717) is 20.4 Å². The van der Waals surface area contributed by atoms with Gasteiger partial charge in [0.05, 0.1) is 17.0 Å². The molecule has 4 rings (SSSR count). The first kappa shape index (κ1) is 21.3. The number of aromatic amines is 1. The van der Waals surface area contributed by atoms with Gasteiger partial charge in [-0.2, -0.15) is 0 Å². The van der Waals surface area contributed by atoms with Gasteiger partial charge in [0.15, 0.2) is 5.82 Å². The van der Waals surface area contributed by atoms with Gasteiger partial charge in [-0.3, -0.25) is 4.79 Å². The molecule has 8 nitrogen and oxygen atoms in total. The molecule has 158 valence electrons. The average Bonchev–Trinajstić information content (AvgIpc) is 2.76. The molecule has 0 saturated carbocycles. The first-order valence-electron chi connectivity index (χ1n) is 8.79. The summed E-state index contributed by atoms with van der Waals surface area (Å²) < 4.78 is 34.6. The summed E-state index contributed by atoms with van der Waals surface area (Å²) in [6.07, 6.45) is 2.68. The molecule has 0 atom stereocenters. The zero-order valence-electron chi connectivity index (χ0n) is 15.9. The Kier molecular flexibility index (Phi) is 5.69. The number of halogens is 2. The Labute approximate surface area is 190 Å². The van der Waals surface area contributed by atoms with Gasteiger partial charge in [0.2, 0.25) is 5.56 Å². The van der Waals surface area contributed by atoms with E-state index in [-0.39, 0.29) is 27.7 Å². The number of hydrogen-bond acceptors (Lipinski definition) is 6. The largest absolute Gasteiger partial charge is 0.494 e. The van der Waals surface area contributed by atoms with Crippen LogP contribution in [0.5, 0.6) is 5.75 Å². The molecule has 0 bridgehead atoms. The van der Waals surface area contributed by atoms with E-state index in [9.17, 15) is 13.2 Å². The molecule has 0 fully saturated rings. The van der Waals surface area contributed by atoms with Crippen molar-refractivity contribution in [1.82, 2.24) is 15.0 Å². The number of nitrogens with one attached hydrogen (secondary N) is 1. The first-order chi connectivity index (χ1) is 14.8. The average molecular weight is 522 g/mol. The molecule has 2 aromatic carbocycles. The van der Waals surface area contributed by atoms with Crippen LogP contribution < -0.4 is 14.6 Å². The molecule has 0 aliphatic carbocycles. The minimum atomic E-state index is -4.17. The van der Waals surface area contributed by atoms with Crippen molar-refractivity contribution in [3.8, 4) is 5.75 Å². The van der Waals surface area contributed by atoms with Crippen LogP contribution in [0.3, 0.4) is 0 Å². The van der Waals surface area contributed by atoms with Gasteiger partial charge in [-0.1, -0.05) is 11.6 Å². The number of sulfonamides is 1. The lowest BCUT2D eigenvalue weighted by molar-refractivity contribution is 0.415. The van der Waals surface area contributed by atoms with Gasteiger partial charge in [0.1, 0.15) is 17.8 Å². The SMILES string of the molecule is COc1cc(Br)c(Cl)cc1N(c1ccncn1)S(=O)(=O)c1ccc2[nH]c(=O)ccc2c1. The third-order valence-corrected chi connectivity index (χ3v) is 7.36. The number of fused-ring (bicyclic) bond motifs is 1. The number of H-pyrrole nitrogens is 1. The second-order valence-electron chi connectivity index (χ2n) is 6.35. The fourth-order valence-electron chi connectivity index (χ4n) is 3.02. The lowest BCUT2D eigenvalue weighted by atomic mass is 10.2. The van der Waals surface area contributed by atoms with Crippen molar-refractivity contribution in [2.24, 2.45) is 0 Å². The molecule has 0 unspecified atom stereocenters. The Bertz CT molecular complexity index is 1450. The number of benzene rings is 2. The van der Waals surface area contributed by atoms with Crippen molar-refractivity contribution in [3.05, 3.63) is 80.9 Å². The minimum absolute atomic E-state index is 0.00763. The van der Waals surface area contributed by atoms with Gasteiger partial charge >= 0.3 is 0 Å². The summed E-state index contributed by atoms with van der Waals surface area (Å²) in [6, 6.07) is 11.8. The molecule has 0 radical (unpaired) electrons. The predicted octanol–water partition coefficient (Wildman–Crippen LogP) is 4.27. The van der Waals surface area contributed by atoms with Crippen molar-refractivity contribution in [2.45, 2.75) is 4.90 Å². The van der Waals surface area contributed by atoms with E-state index in [0.717, 1.165) is 4.31 Å². The molecule has 0 aliphatic heterocycles. The van der Waals surface area contributed by atoms with E-state index in [1.54, 1.807) is 12.1 Å². The summed E-state index contributed by atoms with van der Waals surface area (Å²) in [4.78, 5) is 22.2. The summed E-state index contributed by atoms with van der Waals surface area (Å²) in [7, 11) is -2.75. The quantitative estimate of drug-likeness (QED) is 0.420. The van der Waals surface area contributed by atoms with Gasteiger partial charge in [0, 0.05) is 28.3 Å². The van der Waals surface area contributed by atoms with Crippen LogP contribution in [0.4, 0.5) is 11.5 Å². The number of anilines is 2. The van der Waals surface area contributed by atoms with E-state index in [1.165, 1.54) is 56.0 Å². The minimum Gasteiger partial charge on any atom is -0.494 e. The summed E-state index contributed by atoms with van der Waals surface area (Å²) in [5.74, 6) is 0.372. The zero-order valence-corrected chi connectivity index (χ0v) is 19.1. The summed E-state index contributed by atoms with van der Waals surface area (Å²) in [5.41, 5.74) is 0.417. The molecule has 4 aromatic rings. The Morgan fingerprint density at radius 3 is 2.65 bits per heavy atom. The van der Waals surface area contributed by atoms with Crippen molar-refractivity contribution in [3.63, 3.8) is 0 Å². The van der Waals surface area contributed by atoms with E-state index in [1.807, 2.05) is 0 Å². The molecule has 11 heteroatoms. The summed E-state index contributed by atoms with van der Waals surface area (Å²) >= 11 is 9.59. The fourth-order valence-corrected chi connectivity index (χ4v) is 4.98. The van der Waals surface area contributed by atoms with Crippen LogP contribution in [-0.4, -0.2) is 30.5 Å². The molecule has 1 N–H and O–H groups in total. The molecule has 0 amide bonds. The lowest BCUT2D eigenvalue weighted by Gasteiger charge is -2.25. The van der Waals surface area contributed by atoms with Gasteiger partial charge in [0.25, 0.3) is 10.0 Å². The number of ether oxygens (including phenoxy) is 1. The number of methoxy groups -OCH3 is 1. The summed E-state index contributed by atoms with van der Waals surface area (Å²) in [5, 5.41) is 0.852. The van der Waals surface area contributed by atoms with Crippen molar-refractivity contribution < 1.29 is 13.2 Å². The highest BCUT2D eigenvalue weighted by Crippen LogP contribution is 2.42. The second-order valence-corrected chi connectivity index (χ2v) is 9.40.